The first-order valence-corrected chi connectivity index (χ1v) is 44.3. The number of anilines is 3. The van der Waals surface area contributed by atoms with Gasteiger partial charge in [0.25, 0.3) is 15.9 Å². The summed E-state index contributed by atoms with van der Waals surface area (Å²) in [7, 11) is -3.51. The van der Waals surface area contributed by atoms with Crippen molar-refractivity contribution in [2.45, 2.75) is 102 Å². The number of thioether (sulfide) groups is 1. The third kappa shape index (κ3) is 20.1. The predicted octanol–water partition coefficient (Wildman–Crippen LogP) is 15.8. The number of hydrogen-bond donors (Lipinski definition) is 7. The molecule has 8 heterocycles. The highest BCUT2D eigenvalue weighted by Crippen LogP contribution is 2.42. The zero-order valence-corrected chi connectivity index (χ0v) is 73.8. The van der Waals surface area contributed by atoms with E-state index in [9.17, 15) is 69.7 Å². The van der Waals surface area contributed by atoms with E-state index in [1.54, 1.807) is 118 Å². The summed E-state index contributed by atoms with van der Waals surface area (Å²) >= 11 is 1.54. The third-order valence-corrected chi connectivity index (χ3v) is 24.5. The summed E-state index contributed by atoms with van der Waals surface area (Å²) in [5.41, 5.74) is 15.8. The first kappa shape index (κ1) is 92.0. The number of nitrogens with zero attached hydrogens (tertiary/aromatic N) is 13. The SMILES string of the molecule is CC(=O)NS(=O)(=O)c1ccc2c(c1)cc(N1CCCC1C)n2-c1ccc(F)cc1.CC(C)N(C)c1nc2cc(C(=O)O)c(O)cc2n1-c1ccc(F)cc1.CC(C)Sc1nc2cc(P(=O)(O)O)c(C(C)C)cc2n1-c1ccc(F)cc1.COc1cc2c(cc1C(N)=O)nc(N1CCOCC1)n2-c1cccnc1.COc1nc2cc(C(=O)O)ccc2n1-c1ccc(F)cc1. The lowest BCUT2D eigenvalue weighted by Gasteiger charge is -2.28. The Hall–Kier alpha value is -13.6. The predicted molar refractivity (Wildman–Crippen MR) is 483 cm³/mol. The zero-order chi connectivity index (χ0) is 92.1. The normalized spacial score (nSPS) is 13.4. The molecule has 9 aromatic carbocycles. The molecule has 0 bridgehead atoms. The smallest absolute Gasteiger partial charge is 0.356 e. The number of ether oxygens (including phenoxy) is 3. The summed E-state index contributed by atoms with van der Waals surface area (Å²) in [6, 6.07) is 49.5. The number of nitrogens with two attached hydrogens (primary N) is 1. The van der Waals surface area contributed by atoms with Crippen LogP contribution in [0.2, 0.25) is 0 Å². The molecule has 1 atom stereocenters. The maximum absolute atomic E-state index is 13.5. The van der Waals surface area contributed by atoms with Crippen LogP contribution in [0.1, 0.15) is 111 Å². The van der Waals surface area contributed by atoms with Crippen molar-refractivity contribution in [3.63, 3.8) is 0 Å². The fourth-order valence-electron chi connectivity index (χ4n) is 14.8. The molecule has 2 saturated heterocycles. The van der Waals surface area contributed by atoms with Gasteiger partial charge in [-0.3, -0.25) is 42.0 Å². The molecule has 2 fully saturated rings. The third-order valence-electron chi connectivity index (χ3n) is 21.1. The quantitative estimate of drug-likeness (QED) is 0.0212. The minimum Gasteiger partial charge on any atom is -0.507 e. The number of aromatic hydroxyl groups is 1. The van der Waals surface area contributed by atoms with Crippen molar-refractivity contribution in [2.75, 3.05) is 68.8 Å². The number of carbonyl (C=O) groups excluding carboxylic acids is 2. The number of morpholine rings is 1. The summed E-state index contributed by atoms with van der Waals surface area (Å²) < 4.78 is 117. The second-order valence-electron chi connectivity index (χ2n) is 30.8. The molecule has 0 spiro atoms. The number of nitrogens with one attached hydrogen (secondary N) is 1. The highest BCUT2D eigenvalue weighted by atomic mass is 32.2. The minimum atomic E-state index is -4.43. The number of phenols is 1. The molecule has 37 heteroatoms. The van der Waals surface area contributed by atoms with Crippen molar-refractivity contribution in [3.05, 3.63) is 246 Å². The van der Waals surface area contributed by atoms with E-state index >= 15 is 0 Å². The Bertz CT molecular complexity index is 6820. The van der Waals surface area contributed by atoms with E-state index in [1.165, 1.54) is 99.1 Å². The second kappa shape index (κ2) is 38.7. The van der Waals surface area contributed by atoms with Gasteiger partial charge in [-0.15, -0.1) is 0 Å². The van der Waals surface area contributed by atoms with Gasteiger partial charge in [-0.2, -0.15) is 4.98 Å². The number of carboxylic acid groups (broad SMARTS) is 2. The Labute approximate surface area is 736 Å². The molecule has 2 aliphatic heterocycles. The summed E-state index contributed by atoms with van der Waals surface area (Å²) in [6.07, 6.45) is 5.66. The standard InChI is InChI=1S/C21H22FN3O3S.C19H22FN2O3PS.C18H18FN3O3.C18H19N5O3.C15H11FN2O3/c1-14-4-3-11-24(14)21-13-16-12-19(29(27,28)23-15(2)26)9-10-20(16)25(21)18-7-5-17(22)6-8-18;1-11(2)15-9-17-16(10-18(15)26(23,24)25)21-19(27-12(3)4)22(17)14-7-5-13(20)6-8-14;1-10(2)21(3)18-20-14-8-13(17(24)25)16(23)9-15(14)22(18)12-6-4-11(19)5-7-12;1-25-16-10-15-14(9-13(16)17(19)24)21-18(22-5-7-26-8-6-22)23(15)12-3-2-4-20-11-12;1-21-15-17-12-8-9(14(19)20)2-7-13(12)18(15)11-5-3-10(16)4-6-11/h5-10,12-14H,3-4,11H2,1-2H3,(H,23,26);5-12H,1-4H3,(H2,23,24,25);4-10,23H,1-3H3,(H,24,25);2-4,9-11H,5-8H2,1H3,(H2,19,24);2-8H,1H3,(H,19,20). The molecule has 128 heavy (non-hydrogen) atoms. The van der Waals surface area contributed by atoms with E-state index in [0.29, 0.717) is 97.7 Å². The highest BCUT2D eigenvalue weighted by molar-refractivity contribution is 7.99. The van der Waals surface area contributed by atoms with Crippen molar-refractivity contribution in [1.82, 2.24) is 52.5 Å². The second-order valence-corrected chi connectivity index (χ2v) is 35.6. The van der Waals surface area contributed by atoms with E-state index < -0.39 is 41.4 Å². The summed E-state index contributed by atoms with van der Waals surface area (Å²) in [4.78, 5) is 93.6. The molecule has 8 N–H and O–H groups in total. The number of carboxylic acids is 2. The molecule has 0 aliphatic carbocycles. The summed E-state index contributed by atoms with van der Waals surface area (Å²) in [5, 5.41) is 30.0. The fourth-order valence-corrected chi connectivity index (χ4v) is 17.7. The minimum absolute atomic E-state index is 0.00912. The highest BCUT2D eigenvalue weighted by Gasteiger charge is 2.31. The first-order valence-electron chi connectivity index (χ1n) is 40.3. The van der Waals surface area contributed by atoms with Crippen LogP contribution in [0, 0.1) is 23.3 Å². The zero-order valence-electron chi connectivity index (χ0n) is 71.3. The van der Waals surface area contributed by atoms with Gasteiger partial charge in [0, 0.05) is 91.7 Å². The van der Waals surface area contributed by atoms with E-state index in [0.717, 1.165) is 90.2 Å². The number of aromatic nitrogens is 10. The van der Waals surface area contributed by atoms with Crippen molar-refractivity contribution in [1.29, 1.82) is 0 Å². The number of methoxy groups -OCH3 is 2. The maximum Gasteiger partial charge on any atom is 0.356 e. The molecule has 1 unspecified atom stereocenters. The molecule has 2 aliphatic rings. The van der Waals surface area contributed by atoms with Gasteiger partial charge in [0.2, 0.25) is 17.8 Å². The Morgan fingerprint density at radius 1 is 0.609 bits per heavy atom. The van der Waals surface area contributed by atoms with Gasteiger partial charge >= 0.3 is 25.5 Å². The number of imidazole rings is 4. The number of fused-ring (bicyclic) bond motifs is 5. The Morgan fingerprint density at radius 3 is 1.69 bits per heavy atom. The number of pyridine rings is 1. The number of aromatic carboxylic acids is 2. The molecule has 0 radical (unpaired) electrons. The molecule has 15 aromatic rings. The molecule has 2 amide bonds. The Kier molecular flexibility index (Phi) is 27.8. The largest absolute Gasteiger partial charge is 0.507 e. The van der Waals surface area contributed by atoms with Crippen LogP contribution in [0.5, 0.6) is 17.5 Å². The molecule has 666 valence electrons. The average molecular weight is 1810 g/mol. The van der Waals surface area contributed by atoms with E-state index in [1.807, 2.05) is 90.1 Å². The lowest BCUT2D eigenvalue weighted by molar-refractivity contribution is -0.117. The van der Waals surface area contributed by atoms with Crippen LogP contribution in [-0.4, -0.2) is 176 Å². The fraction of sp³-hybridized carbons (Fsp3) is 0.242. The van der Waals surface area contributed by atoms with E-state index in [2.05, 4.69) is 36.7 Å². The van der Waals surface area contributed by atoms with Crippen molar-refractivity contribution in [2.24, 2.45) is 5.73 Å². The van der Waals surface area contributed by atoms with Crippen molar-refractivity contribution < 1.29 is 89.0 Å². The van der Waals surface area contributed by atoms with E-state index in [-0.39, 0.29) is 67.6 Å². The molecule has 6 aromatic heterocycles. The maximum atomic E-state index is 13.5. The van der Waals surface area contributed by atoms with Gasteiger partial charge in [0.1, 0.15) is 46.1 Å². The van der Waals surface area contributed by atoms with Gasteiger partial charge in [0.05, 0.1) is 116 Å². The molecule has 17 rings (SSSR count). The molecular weight excluding hydrogens is 1710 g/mol. The van der Waals surface area contributed by atoms with Gasteiger partial charge in [-0.1, -0.05) is 39.5 Å². The van der Waals surface area contributed by atoms with Crippen LogP contribution < -0.4 is 39.9 Å². The van der Waals surface area contributed by atoms with Crippen LogP contribution in [0.25, 0.3) is 83.5 Å². The van der Waals surface area contributed by atoms with Crippen LogP contribution in [0.4, 0.5) is 35.3 Å². The number of sulfonamides is 1. The van der Waals surface area contributed by atoms with Crippen molar-refractivity contribution in [3.8, 4) is 45.9 Å². The monoisotopic (exact) mass is 1810 g/mol. The lowest BCUT2D eigenvalue weighted by atomic mass is 10.0. The number of hydrogen-bond acceptors (Lipinski definition) is 20. The number of benzene rings is 9. The van der Waals surface area contributed by atoms with Gasteiger partial charge in [0.15, 0.2) is 5.16 Å². The van der Waals surface area contributed by atoms with E-state index in [4.69, 9.17) is 30.0 Å². The number of carbonyl (C=O) groups is 4. The van der Waals surface area contributed by atoms with Crippen LogP contribution >= 0.6 is 19.4 Å². The van der Waals surface area contributed by atoms with Crippen LogP contribution in [-0.2, 0) is 24.1 Å². The van der Waals surface area contributed by atoms with Gasteiger partial charge < -0.3 is 59.8 Å². The topological polar surface area (TPSA) is 385 Å². The number of halogens is 4. The molecule has 30 nitrogen and oxygen atoms in total. The van der Waals surface area contributed by atoms with Crippen LogP contribution in [0.15, 0.2) is 211 Å². The molecular formula is C91H92F4N15O15PS2. The number of amides is 2. The summed E-state index contributed by atoms with van der Waals surface area (Å²) in [6.45, 7) is 18.8. The van der Waals surface area contributed by atoms with Crippen LogP contribution in [0.3, 0.4) is 0 Å². The van der Waals surface area contributed by atoms with Gasteiger partial charge in [-0.25, -0.2) is 55.2 Å². The Balaban J connectivity index is 0.000000137. The number of rotatable bonds is 20. The number of primary amides is 1. The molecule has 0 saturated carbocycles. The Morgan fingerprint density at radius 2 is 1.16 bits per heavy atom. The van der Waals surface area contributed by atoms with Gasteiger partial charge in [-0.05, 0) is 221 Å². The van der Waals surface area contributed by atoms with Crippen molar-refractivity contribution >= 4 is 131 Å². The average Bonchev–Trinajstić information content (AvgIpc) is 1.67. The lowest BCUT2D eigenvalue weighted by Crippen LogP contribution is -2.37. The summed E-state index contributed by atoms with van der Waals surface area (Å²) in [5.74, 6) is -2.49. The first-order chi connectivity index (χ1) is 60.9.